The van der Waals surface area contributed by atoms with Gasteiger partial charge in [0.1, 0.15) is 17.1 Å². The van der Waals surface area contributed by atoms with Crippen molar-refractivity contribution >= 4 is 28.7 Å². The van der Waals surface area contributed by atoms with Crippen LogP contribution in [-0.4, -0.2) is 31.0 Å². The van der Waals surface area contributed by atoms with Crippen LogP contribution in [0.5, 0.6) is 23.0 Å². The van der Waals surface area contributed by atoms with Gasteiger partial charge in [0, 0.05) is 0 Å². The van der Waals surface area contributed by atoms with Gasteiger partial charge in [-0.1, -0.05) is 12.1 Å². The molecule has 0 saturated heterocycles. The number of phenolic OH excluding ortho intramolecular Hbond substituents is 1. The van der Waals surface area contributed by atoms with Gasteiger partial charge in [-0.25, -0.2) is 0 Å². The van der Waals surface area contributed by atoms with Crippen molar-refractivity contribution in [3.8, 4) is 23.0 Å². The van der Waals surface area contributed by atoms with E-state index < -0.39 is 5.78 Å². The number of phenols is 1. The molecule has 0 amide bonds. The molecule has 7 nitrogen and oxygen atoms in total. The summed E-state index contributed by atoms with van der Waals surface area (Å²) < 4.78 is 21.9. The van der Waals surface area contributed by atoms with Crippen molar-refractivity contribution in [1.82, 2.24) is 0 Å². The van der Waals surface area contributed by atoms with Gasteiger partial charge >= 0.3 is 0 Å². The minimum Gasteiger partial charge on any atom is -0.508 e. The van der Waals surface area contributed by atoms with E-state index >= 15 is 0 Å². The van der Waals surface area contributed by atoms with E-state index in [-0.39, 0.29) is 40.0 Å². The predicted octanol–water partition coefficient (Wildman–Crippen LogP) is 3.79. The lowest BCUT2D eigenvalue weighted by Crippen LogP contribution is -2.25. The maximum Gasteiger partial charge on any atom is 0.223 e. The molecule has 1 aliphatic rings. The van der Waals surface area contributed by atoms with Crippen LogP contribution >= 0.6 is 0 Å². The van der Waals surface area contributed by atoms with Crippen LogP contribution < -0.4 is 14.2 Å². The van der Waals surface area contributed by atoms with Gasteiger partial charge in [0.25, 0.3) is 0 Å². The van der Waals surface area contributed by atoms with Gasteiger partial charge in [-0.3, -0.25) is 10.2 Å². The molecule has 3 aromatic rings. The van der Waals surface area contributed by atoms with Crippen molar-refractivity contribution in [3.63, 3.8) is 0 Å². The molecule has 0 unspecified atom stereocenters. The second-order valence-electron chi connectivity index (χ2n) is 5.85. The number of furan rings is 1. The Bertz CT molecular complexity index is 1120. The standard InChI is InChI=1S/C20H15NO6/c1-24-16-12-6-7-26-17(12)19(25-2)18-14(16)15(23)13(20(21)27-18)9-10-4-3-5-11(22)8-10/h3-9,21-22H,1-2H3. The van der Waals surface area contributed by atoms with E-state index in [0.717, 1.165) is 0 Å². The molecule has 4 rings (SSSR count). The number of fused-ring (bicyclic) bond motifs is 2. The van der Waals surface area contributed by atoms with Gasteiger partial charge in [-0.05, 0) is 29.8 Å². The van der Waals surface area contributed by atoms with Crippen LogP contribution in [0.2, 0.25) is 0 Å². The highest BCUT2D eigenvalue weighted by molar-refractivity contribution is 6.33. The van der Waals surface area contributed by atoms with Crippen molar-refractivity contribution < 1.29 is 28.5 Å². The number of carbonyl (C=O) groups excluding carboxylic acids is 1. The Balaban J connectivity index is 1.97. The number of methoxy groups -OCH3 is 2. The van der Waals surface area contributed by atoms with Gasteiger partial charge in [0.05, 0.1) is 31.4 Å². The number of hydrogen-bond acceptors (Lipinski definition) is 7. The fourth-order valence-corrected chi connectivity index (χ4v) is 3.13. The van der Waals surface area contributed by atoms with Gasteiger partial charge in [0.2, 0.25) is 17.4 Å². The summed E-state index contributed by atoms with van der Waals surface area (Å²) in [5.74, 6) is -0.126. The van der Waals surface area contributed by atoms with Gasteiger partial charge in [0.15, 0.2) is 11.3 Å². The molecule has 0 bridgehead atoms. The summed E-state index contributed by atoms with van der Waals surface area (Å²) in [5, 5.41) is 18.4. The Morgan fingerprint density at radius 3 is 2.63 bits per heavy atom. The first kappa shape index (κ1) is 16.7. The zero-order valence-electron chi connectivity index (χ0n) is 14.5. The summed E-state index contributed by atoms with van der Waals surface area (Å²) in [4.78, 5) is 13.2. The van der Waals surface area contributed by atoms with Crippen molar-refractivity contribution in [2.45, 2.75) is 0 Å². The lowest BCUT2D eigenvalue weighted by molar-refractivity contribution is 0.102. The summed E-state index contributed by atoms with van der Waals surface area (Å²) in [6, 6.07) is 8.03. The van der Waals surface area contributed by atoms with Crippen LogP contribution in [0.3, 0.4) is 0 Å². The molecular weight excluding hydrogens is 350 g/mol. The SMILES string of the molecule is COc1c2c(c(OC)c3occc13)OC(=N)C(=Cc1cccc(O)c1)C2=O. The molecule has 2 heterocycles. The minimum absolute atomic E-state index is 0.0382. The summed E-state index contributed by atoms with van der Waals surface area (Å²) in [7, 11) is 2.87. The quantitative estimate of drug-likeness (QED) is 0.685. The highest BCUT2D eigenvalue weighted by Crippen LogP contribution is 2.49. The number of hydrogen-bond donors (Lipinski definition) is 2. The van der Waals surface area contributed by atoms with Crippen molar-refractivity contribution in [3.05, 3.63) is 53.3 Å². The maximum absolute atomic E-state index is 13.2. The average molecular weight is 365 g/mol. The van der Waals surface area contributed by atoms with Gasteiger partial charge < -0.3 is 23.7 Å². The molecule has 1 aromatic heterocycles. The van der Waals surface area contributed by atoms with E-state index in [4.69, 9.17) is 24.0 Å². The van der Waals surface area contributed by atoms with Crippen LogP contribution in [0.25, 0.3) is 17.0 Å². The molecule has 0 aliphatic carbocycles. The second kappa shape index (κ2) is 6.21. The Kier molecular flexibility index (Phi) is 3.84. The molecule has 2 aromatic carbocycles. The number of carbonyl (C=O) groups is 1. The van der Waals surface area contributed by atoms with E-state index in [1.54, 1.807) is 18.2 Å². The van der Waals surface area contributed by atoms with E-state index in [1.807, 2.05) is 0 Å². The normalized spacial score (nSPS) is 15.0. The molecule has 0 radical (unpaired) electrons. The highest BCUT2D eigenvalue weighted by atomic mass is 16.5. The molecule has 2 N–H and O–H groups in total. The molecule has 0 atom stereocenters. The van der Waals surface area contributed by atoms with Crippen LogP contribution in [0, 0.1) is 5.41 Å². The largest absolute Gasteiger partial charge is 0.508 e. The summed E-state index contributed by atoms with van der Waals surface area (Å²) >= 11 is 0. The van der Waals surface area contributed by atoms with Crippen LogP contribution in [0.1, 0.15) is 15.9 Å². The molecule has 1 aliphatic heterocycles. The maximum atomic E-state index is 13.2. The number of rotatable bonds is 3. The molecule has 0 fully saturated rings. The monoisotopic (exact) mass is 365 g/mol. The highest BCUT2D eigenvalue weighted by Gasteiger charge is 2.37. The molecule has 0 spiro atoms. The van der Waals surface area contributed by atoms with Crippen molar-refractivity contribution in [1.29, 1.82) is 5.41 Å². The van der Waals surface area contributed by atoms with Crippen LogP contribution in [0.15, 0.2) is 46.6 Å². The van der Waals surface area contributed by atoms with Crippen LogP contribution in [-0.2, 0) is 0 Å². The Hall–Kier alpha value is -3.74. The molecule has 7 heteroatoms. The zero-order valence-corrected chi connectivity index (χ0v) is 14.5. The third-order valence-corrected chi connectivity index (χ3v) is 4.29. The van der Waals surface area contributed by atoms with Crippen LogP contribution in [0.4, 0.5) is 0 Å². The third-order valence-electron chi connectivity index (χ3n) is 4.29. The van der Waals surface area contributed by atoms with Crippen molar-refractivity contribution in [2.75, 3.05) is 14.2 Å². The number of ketones is 1. The first-order valence-corrected chi connectivity index (χ1v) is 8.02. The number of ether oxygens (including phenoxy) is 3. The zero-order chi connectivity index (χ0) is 19.1. The first-order valence-electron chi connectivity index (χ1n) is 8.02. The lowest BCUT2D eigenvalue weighted by atomic mass is 9.94. The topological polar surface area (TPSA) is 102 Å². The van der Waals surface area contributed by atoms with E-state index in [2.05, 4.69) is 0 Å². The first-order chi connectivity index (χ1) is 13.0. The Labute approximate surface area is 153 Å². The fraction of sp³-hybridized carbons (Fsp3) is 0.100. The third kappa shape index (κ3) is 2.52. The van der Waals surface area contributed by atoms with Crippen molar-refractivity contribution in [2.24, 2.45) is 0 Å². The van der Waals surface area contributed by atoms with E-state index in [1.165, 1.54) is 38.7 Å². The second-order valence-corrected chi connectivity index (χ2v) is 5.85. The Morgan fingerprint density at radius 2 is 1.93 bits per heavy atom. The summed E-state index contributed by atoms with van der Waals surface area (Å²) in [6.45, 7) is 0. The fourth-order valence-electron chi connectivity index (χ4n) is 3.13. The average Bonchev–Trinajstić information content (AvgIpc) is 3.12. The number of aromatic hydroxyl groups is 1. The van der Waals surface area contributed by atoms with E-state index in [9.17, 15) is 9.90 Å². The molecule has 0 saturated carbocycles. The Morgan fingerprint density at radius 1 is 1.15 bits per heavy atom. The molecular formula is C20H15NO6. The summed E-state index contributed by atoms with van der Waals surface area (Å²) in [6.07, 6.45) is 2.94. The number of Topliss-reactive ketones (excluding diaryl/α,β-unsaturated/α-hetero) is 1. The summed E-state index contributed by atoms with van der Waals surface area (Å²) in [5.41, 5.74) is 1.13. The molecule has 27 heavy (non-hydrogen) atoms. The van der Waals surface area contributed by atoms with Gasteiger partial charge in [-0.15, -0.1) is 0 Å². The molecule has 136 valence electrons. The number of benzene rings is 2. The van der Waals surface area contributed by atoms with E-state index in [0.29, 0.717) is 16.5 Å². The predicted molar refractivity (Wildman–Crippen MR) is 98.1 cm³/mol. The number of nitrogens with one attached hydrogen (secondary N) is 1. The van der Waals surface area contributed by atoms with Gasteiger partial charge in [-0.2, -0.15) is 0 Å². The lowest BCUT2D eigenvalue weighted by Gasteiger charge is -2.23. The minimum atomic E-state index is -0.442. The smallest absolute Gasteiger partial charge is 0.223 e.